The van der Waals surface area contributed by atoms with Gasteiger partial charge < -0.3 is 4.18 Å². The van der Waals surface area contributed by atoms with Crippen molar-refractivity contribution >= 4 is 22.7 Å². The van der Waals surface area contributed by atoms with Crippen molar-refractivity contribution in [2.45, 2.75) is 151 Å². The molecule has 0 saturated heterocycles. The van der Waals surface area contributed by atoms with Crippen molar-refractivity contribution in [3.8, 4) is 5.75 Å². The molecular formula is C34H48O3S2. The smallest absolute Gasteiger partial charge is 0.339 e. The monoisotopic (exact) mass is 568 g/mol. The zero-order chi connectivity index (χ0) is 27.6. The summed E-state index contributed by atoms with van der Waals surface area (Å²) in [6.07, 6.45) is 17.9. The molecule has 0 atom stereocenters. The Morgan fingerprint density at radius 3 is 1.64 bits per heavy atom. The Balaban J connectivity index is 1.66. The maximum Gasteiger partial charge on any atom is 0.339 e. The summed E-state index contributed by atoms with van der Waals surface area (Å²) in [5.41, 5.74) is 5.34. The fourth-order valence-electron chi connectivity index (χ4n) is 7.49. The Kier molecular flexibility index (Phi) is 9.38. The zero-order valence-corrected chi connectivity index (χ0v) is 26.0. The highest BCUT2D eigenvalue weighted by molar-refractivity contribution is 7.87. The van der Waals surface area contributed by atoms with E-state index in [1.54, 1.807) is 0 Å². The summed E-state index contributed by atoms with van der Waals surface area (Å²) in [5.74, 6) is 1.82. The predicted octanol–water partition coefficient (Wildman–Crippen LogP) is 10.3. The van der Waals surface area contributed by atoms with E-state index >= 15 is 0 Å². The normalized spacial score (nSPS) is 20.4. The molecule has 0 N–H and O–H groups in total. The van der Waals surface area contributed by atoms with Crippen LogP contribution in [0.15, 0.2) is 34.1 Å². The molecule has 3 fully saturated rings. The number of aryl methyl sites for hydroxylation is 1. The highest BCUT2D eigenvalue weighted by Crippen LogP contribution is 2.46. The molecule has 0 unspecified atom stereocenters. The highest BCUT2D eigenvalue weighted by Gasteiger charge is 2.34. The molecule has 0 aromatic heterocycles. The van der Waals surface area contributed by atoms with Crippen molar-refractivity contribution in [1.82, 2.24) is 0 Å². The summed E-state index contributed by atoms with van der Waals surface area (Å²) >= 11 is 4.66. The molecule has 5 heteroatoms. The van der Waals surface area contributed by atoms with Gasteiger partial charge in [0.2, 0.25) is 0 Å². The lowest BCUT2D eigenvalue weighted by Gasteiger charge is -2.32. The van der Waals surface area contributed by atoms with E-state index in [1.165, 1.54) is 76.2 Å². The van der Waals surface area contributed by atoms with E-state index in [0.29, 0.717) is 28.4 Å². The Labute approximate surface area is 243 Å². The maximum absolute atomic E-state index is 14.5. The van der Waals surface area contributed by atoms with Crippen molar-refractivity contribution in [1.29, 1.82) is 0 Å². The van der Waals surface area contributed by atoms with Crippen LogP contribution >= 0.6 is 12.6 Å². The SMILES string of the molecule is Cc1cc(S)c(C(C)C)cc1OS(=O)(=O)c1c(C2CCCCC2)cc(C2CCCCC2)cc1C1CCCCC1. The molecule has 39 heavy (non-hydrogen) atoms. The van der Waals surface area contributed by atoms with Crippen LogP contribution in [0.2, 0.25) is 0 Å². The molecule has 5 rings (SSSR count). The number of rotatable bonds is 7. The Hall–Kier alpha value is -1.46. The van der Waals surface area contributed by atoms with Gasteiger partial charge in [-0.1, -0.05) is 83.8 Å². The van der Waals surface area contributed by atoms with E-state index in [2.05, 4.69) is 38.6 Å². The van der Waals surface area contributed by atoms with Crippen LogP contribution in [0.4, 0.5) is 0 Å². The van der Waals surface area contributed by atoms with E-state index in [4.69, 9.17) is 4.18 Å². The van der Waals surface area contributed by atoms with E-state index in [-0.39, 0.29) is 5.92 Å². The van der Waals surface area contributed by atoms with Crippen LogP contribution in [0, 0.1) is 6.92 Å². The molecule has 214 valence electrons. The van der Waals surface area contributed by atoms with Gasteiger partial charge in [-0.25, -0.2) is 0 Å². The molecule has 0 amide bonds. The number of thiol groups is 1. The second-order valence-electron chi connectivity index (χ2n) is 12.9. The zero-order valence-electron chi connectivity index (χ0n) is 24.3. The van der Waals surface area contributed by atoms with Gasteiger partial charge in [0, 0.05) is 4.90 Å². The lowest BCUT2D eigenvalue weighted by atomic mass is 9.76. The molecule has 3 nitrogen and oxygen atoms in total. The Morgan fingerprint density at radius 1 is 0.718 bits per heavy atom. The molecule has 3 aliphatic rings. The van der Waals surface area contributed by atoms with Crippen molar-refractivity contribution in [3.05, 3.63) is 52.1 Å². The molecule has 2 aromatic carbocycles. The second-order valence-corrected chi connectivity index (χ2v) is 14.9. The van der Waals surface area contributed by atoms with Crippen molar-refractivity contribution < 1.29 is 12.6 Å². The lowest BCUT2D eigenvalue weighted by molar-refractivity contribution is 0.414. The molecule has 0 radical (unpaired) electrons. The van der Waals surface area contributed by atoms with Gasteiger partial charge in [-0.05, 0) is 109 Å². The highest BCUT2D eigenvalue weighted by atomic mass is 32.2. The van der Waals surface area contributed by atoms with E-state index in [9.17, 15) is 8.42 Å². The van der Waals surface area contributed by atoms with Crippen LogP contribution in [-0.4, -0.2) is 8.42 Å². The van der Waals surface area contributed by atoms with Gasteiger partial charge in [0.25, 0.3) is 0 Å². The first-order valence-electron chi connectivity index (χ1n) is 15.7. The van der Waals surface area contributed by atoms with E-state index < -0.39 is 10.1 Å². The lowest BCUT2D eigenvalue weighted by Crippen LogP contribution is -2.21. The molecule has 3 aliphatic carbocycles. The van der Waals surface area contributed by atoms with Gasteiger partial charge in [0.05, 0.1) is 0 Å². The first-order chi connectivity index (χ1) is 18.7. The Bertz CT molecular complexity index is 1210. The average Bonchev–Trinajstić information content (AvgIpc) is 2.95. The third-order valence-corrected chi connectivity index (χ3v) is 11.5. The minimum absolute atomic E-state index is 0.230. The molecule has 0 spiro atoms. The number of hydrogen-bond acceptors (Lipinski definition) is 4. The minimum atomic E-state index is -4.02. The van der Waals surface area contributed by atoms with Crippen LogP contribution in [-0.2, 0) is 10.1 Å². The first kappa shape index (κ1) is 29.0. The van der Waals surface area contributed by atoms with Gasteiger partial charge in [0.15, 0.2) is 0 Å². The fourth-order valence-corrected chi connectivity index (χ4v) is 9.54. The minimum Gasteiger partial charge on any atom is -0.379 e. The largest absolute Gasteiger partial charge is 0.379 e. The third kappa shape index (κ3) is 6.56. The van der Waals surface area contributed by atoms with Crippen LogP contribution in [0.1, 0.15) is 162 Å². The molecule has 0 bridgehead atoms. The van der Waals surface area contributed by atoms with Crippen LogP contribution in [0.5, 0.6) is 5.75 Å². The van der Waals surface area contributed by atoms with Crippen LogP contribution in [0.3, 0.4) is 0 Å². The van der Waals surface area contributed by atoms with Gasteiger partial charge in [0.1, 0.15) is 10.6 Å². The molecular weight excluding hydrogens is 521 g/mol. The van der Waals surface area contributed by atoms with Gasteiger partial charge in [-0.15, -0.1) is 12.6 Å². The molecule has 0 heterocycles. The van der Waals surface area contributed by atoms with Gasteiger partial charge in [-0.3, -0.25) is 0 Å². The van der Waals surface area contributed by atoms with Crippen LogP contribution < -0.4 is 4.18 Å². The molecule has 3 saturated carbocycles. The Morgan fingerprint density at radius 2 is 1.18 bits per heavy atom. The standard InChI is InChI=1S/C34H48O3S2/c1-23(2)29-22-32(24(3)19-33(29)38)37-39(35,36)34-30(26-15-9-5-10-16-26)20-28(25-13-7-4-8-14-25)21-31(34)27-17-11-6-12-18-27/h19-23,25-27,38H,4-18H2,1-3H3. The van der Waals surface area contributed by atoms with Gasteiger partial charge in [-0.2, -0.15) is 8.42 Å². The van der Waals surface area contributed by atoms with Crippen molar-refractivity contribution in [3.63, 3.8) is 0 Å². The van der Waals surface area contributed by atoms with Crippen molar-refractivity contribution in [2.75, 3.05) is 0 Å². The van der Waals surface area contributed by atoms with Crippen molar-refractivity contribution in [2.24, 2.45) is 0 Å². The van der Waals surface area contributed by atoms with E-state index in [0.717, 1.165) is 52.8 Å². The van der Waals surface area contributed by atoms with Crippen LogP contribution in [0.25, 0.3) is 0 Å². The second kappa shape index (κ2) is 12.6. The maximum atomic E-state index is 14.5. The quantitative estimate of drug-likeness (QED) is 0.267. The molecule has 2 aromatic rings. The topological polar surface area (TPSA) is 43.4 Å². The number of benzene rings is 2. The summed E-state index contributed by atoms with van der Waals surface area (Å²) in [5, 5.41) is 0. The third-order valence-electron chi connectivity index (χ3n) is 9.73. The summed E-state index contributed by atoms with van der Waals surface area (Å²) < 4.78 is 35.1. The first-order valence-corrected chi connectivity index (χ1v) is 17.6. The van der Waals surface area contributed by atoms with E-state index in [1.807, 2.05) is 19.1 Å². The molecule has 0 aliphatic heterocycles. The average molecular weight is 569 g/mol. The number of hydrogen-bond donors (Lipinski definition) is 1. The summed E-state index contributed by atoms with van der Waals surface area (Å²) in [6, 6.07) is 8.48. The summed E-state index contributed by atoms with van der Waals surface area (Å²) in [6.45, 7) is 6.13. The summed E-state index contributed by atoms with van der Waals surface area (Å²) in [7, 11) is -4.02. The summed E-state index contributed by atoms with van der Waals surface area (Å²) in [4.78, 5) is 1.40. The van der Waals surface area contributed by atoms with Gasteiger partial charge >= 0.3 is 10.1 Å². The predicted molar refractivity (Wildman–Crippen MR) is 164 cm³/mol. The fraction of sp³-hybridized carbons (Fsp3) is 0.647.